The second-order valence-corrected chi connectivity index (χ2v) is 7.16. The number of amides is 1. The maximum Gasteiger partial charge on any atom is 0.226 e. The molecule has 0 saturated heterocycles. The zero-order chi connectivity index (χ0) is 21.5. The Labute approximate surface area is 179 Å². The predicted octanol–water partition coefficient (Wildman–Crippen LogP) is 4.42. The van der Waals surface area contributed by atoms with E-state index in [4.69, 9.17) is 18.9 Å². The molecule has 0 unspecified atom stereocenters. The summed E-state index contributed by atoms with van der Waals surface area (Å²) in [5.74, 6) is 2.53. The first-order valence-electron chi connectivity index (χ1n) is 9.27. The number of para-hydroxylation sites is 1. The van der Waals surface area contributed by atoms with E-state index >= 15 is 0 Å². The van der Waals surface area contributed by atoms with Gasteiger partial charge in [0.2, 0.25) is 5.91 Å². The first-order chi connectivity index (χ1) is 14.6. The average Bonchev–Trinajstić information content (AvgIpc) is 3.24. The van der Waals surface area contributed by atoms with Crippen LogP contribution in [0.5, 0.6) is 23.0 Å². The minimum Gasteiger partial charge on any atom is -0.497 e. The molecule has 0 aliphatic rings. The smallest absolute Gasteiger partial charge is 0.226 e. The van der Waals surface area contributed by atoms with Gasteiger partial charge in [0, 0.05) is 23.4 Å². The predicted molar refractivity (Wildman–Crippen MR) is 117 cm³/mol. The van der Waals surface area contributed by atoms with E-state index in [2.05, 4.69) is 10.3 Å². The number of nitrogens with zero attached hydrogens (tertiary/aromatic N) is 1. The molecule has 1 amide bonds. The van der Waals surface area contributed by atoms with Crippen molar-refractivity contribution in [3.05, 3.63) is 47.3 Å². The van der Waals surface area contributed by atoms with Crippen LogP contribution in [0.4, 0.5) is 5.13 Å². The number of ether oxygens (including phenoxy) is 4. The lowest BCUT2D eigenvalue weighted by molar-refractivity contribution is -0.116. The quantitative estimate of drug-likeness (QED) is 0.544. The van der Waals surface area contributed by atoms with E-state index in [-0.39, 0.29) is 5.91 Å². The number of rotatable bonds is 9. The molecule has 1 N–H and O–H groups in total. The van der Waals surface area contributed by atoms with E-state index in [1.165, 1.54) is 11.3 Å². The molecule has 0 spiro atoms. The number of anilines is 1. The Hall–Kier alpha value is -3.26. The molecule has 1 aromatic heterocycles. The Morgan fingerprint density at radius 2 is 1.80 bits per heavy atom. The van der Waals surface area contributed by atoms with Crippen LogP contribution in [0.3, 0.4) is 0 Å². The maximum atomic E-state index is 12.4. The SMILES string of the molecule is COc1ccc(-c2csc(NC(=O)CCc3cccc(OC)c3OC)n2)c(OC)c1. The van der Waals surface area contributed by atoms with Gasteiger partial charge in [-0.2, -0.15) is 0 Å². The van der Waals surface area contributed by atoms with E-state index in [0.29, 0.717) is 41.0 Å². The molecule has 0 radical (unpaired) electrons. The van der Waals surface area contributed by atoms with Crippen LogP contribution in [-0.4, -0.2) is 39.3 Å². The number of aryl methyl sites for hydroxylation is 1. The molecule has 30 heavy (non-hydrogen) atoms. The van der Waals surface area contributed by atoms with E-state index in [9.17, 15) is 4.79 Å². The fraction of sp³-hybridized carbons (Fsp3) is 0.273. The van der Waals surface area contributed by atoms with Crippen LogP contribution in [0.2, 0.25) is 0 Å². The van der Waals surface area contributed by atoms with Crippen LogP contribution in [0, 0.1) is 0 Å². The first-order valence-corrected chi connectivity index (χ1v) is 10.1. The number of hydrogen-bond acceptors (Lipinski definition) is 7. The minimum absolute atomic E-state index is 0.123. The Morgan fingerprint density at radius 3 is 2.50 bits per heavy atom. The van der Waals surface area contributed by atoms with Gasteiger partial charge in [0.25, 0.3) is 0 Å². The largest absolute Gasteiger partial charge is 0.497 e. The lowest BCUT2D eigenvalue weighted by Crippen LogP contribution is -2.12. The summed E-state index contributed by atoms with van der Waals surface area (Å²) in [6, 6.07) is 11.2. The Balaban J connectivity index is 1.66. The molecule has 0 atom stereocenters. The Bertz CT molecular complexity index is 1020. The van der Waals surface area contributed by atoms with Crippen molar-refractivity contribution < 1.29 is 23.7 Å². The fourth-order valence-corrected chi connectivity index (χ4v) is 3.77. The number of benzene rings is 2. The molecule has 2 aromatic carbocycles. The highest BCUT2D eigenvalue weighted by Crippen LogP contribution is 2.35. The second kappa shape index (κ2) is 9.98. The normalized spacial score (nSPS) is 10.4. The number of nitrogens with one attached hydrogen (secondary N) is 1. The highest BCUT2D eigenvalue weighted by molar-refractivity contribution is 7.14. The van der Waals surface area contributed by atoms with Gasteiger partial charge in [-0.3, -0.25) is 4.79 Å². The third-order valence-electron chi connectivity index (χ3n) is 4.54. The average molecular weight is 429 g/mol. The Morgan fingerprint density at radius 1 is 1.00 bits per heavy atom. The summed E-state index contributed by atoms with van der Waals surface area (Å²) in [7, 11) is 6.38. The van der Waals surface area contributed by atoms with Crippen molar-refractivity contribution in [1.29, 1.82) is 0 Å². The summed E-state index contributed by atoms with van der Waals surface area (Å²) < 4.78 is 21.4. The van der Waals surface area contributed by atoms with Crippen LogP contribution in [0.15, 0.2) is 41.8 Å². The van der Waals surface area contributed by atoms with Crippen molar-refractivity contribution in [3.8, 4) is 34.3 Å². The summed E-state index contributed by atoms with van der Waals surface area (Å²) in [6.45, 7) is 0. The minimum atomic E-state index is -0.123. The van der Waals surface area contributed by atoms with Gasteiger partial charge in [0.1, 0.15) is 11.5 Å². The highest BCUT2D eigenvalue weighted by Gasteiger charge is 2.14. The molecule has 8 heteroatoms. The lowest BCUT2D eigenvalue weighted by atomic mass is 10.1. The van der Waals surface area contributed by atoms with Crippen molar-refractivity contribution in [2.24, 2.45) is 0 Å². The summed E-state index contributed by atoms with van der Waals surface area (Å²) in [5.41, 5.74) is 2.47. The summed E-state index contributed by atoms with van der Waals surface area (Å²) in [6.07, 6.45) is 0.820. The number of hydrogen-bond donors (Lipinski definition) is 1. The molecule has 0 aliphatic heterocycles. The van der Waals surface area contributed by atoms with Gasteiger partial charge in [-0.1, -0.05) is 12.1 Å². The molecule has 3 rings (SSSR count). The third kappa shape index (κ3) is 4.83. The van der Waals surface area contributed by atoms with Crippen LogP contribution in [-0.2, 0) is 11.2 Å². The van der Waals surface area contributed by atoms with Crippen molar-refractivity contribution in [1.82, 2.24) is 4.98 Å². The highest BCUT2D eigenvalue weighted by atomic mass is 32.1. The molecule has 1 heterocycles. The summed E-state index contributed by atoms with van der Waals surface area (Å²) in [4.78, 5) is 17.0. The lowest BCUT2D eigenvalue weighted by Gasteiger charge is -2.12. The van der Waals surface area contributed by atoms with Crippen LogP contribution in [0.1, 0.15) is 12.0 Å². The van der Waals surface area contributed by atoms with E-state index in [1.54, 1.807) is 34.5 Å². The van der Waals surface area contributed by atoms with Gasteiger partial charge >= 0.3 is 0 Å². The second-order valence-electron chi connectivity index (χ2n) is 6.30. The molecular weight excluding hydrogens is 404 g/mol. The number of methoxy groups -OCH3 is 4. The fourth-order valence-electron chi connectivity index (χ4n) is 3.05. The van der Waals surface area contributed by atoms with Crippen LogP contribution < -0.4 is 24.3 Å². The standard InChI is InChI=1S/C22H24N2O5S/c1-26-15-9-10-16(19(12-15)28-3)17-13-30-22(23-17)24-20(25)11-8-14-6-5-7-18(27-2)21(14)29-4/h5-7,9-10,12-13H,8,11H2,1-4H3,(H,23,24,25). The molecule has 0 saturated carbocycles. The Kier molecular flexibility index (Phi) is 7.13. The van der Waals surface area contributed by atoms with Gasteiger partial charge < -0.3 is 24.3 Å². The molecule has 0 bridgehead atoms. The van der Waals surface area contributed by atoms with Gasteiger partial charge in [0.05, 0.1) is 34.1 Å². The molecule has 3 aromatic rings. The maximum absolute atomic E-state index is 12.4. The van der Waals surface area contributed by atoms with Crippen molar-refractivity contribution in [3.63, 3.8) is 0 Å². The van der Waals surface area contributed by atoms with Crippen molar-refractivity contribution >= 4 is 22.4 Å². The topological polar surface area (TPSA) is 78.9 Å². The molecule has 0 aliphatic carbocycles. The zero-order valence-electron chi connectivity index (χ0n) is 17.4. The van der Waals surface area contributed by atoms with Crippen LogP contribution >= 0.6 is 11.3 Å². The summed E-state index contributed by atoms with van der Waals surface area (Å²) >= 11 is 1.36. The molecule has 158 valence electrons. The van der Waals surface area contributed by atoms with Gasteiger partial charge in [-0.05, 0) is 30.2 Å². The number of carbonyl (C=O) groups is 1. The van der Waals surface area contributed by atoms with Crippen molar-refractivity contribution in [2.45, 2.75) is 12.8 Å². The summed E-state index contributed by atoms with van der Waals surface area (Å²) in [5, 5.41) is 5.27. The third-order valence-corrected chi connectivity index (χ3v) is 5.30. The monoisotopic (exact) mass is 428 g/mol. The van der Waals surface area contributed by atoms with E-state index in [1.807, 2.05) is 35.7 Å². The van der Waals surface area contributed by atoms with Gasteiger partial charge in [0.15, 0.2) is 16.6 Å². The first kappa shape index (κ1) is 21.4. The van der Waals surface area contributed by atoms with E-state index < -0.39 is 0 Å². The molecule has 7 nitrogen and oxygen atoms in total. The molecular formula is C22H24N2O5S. The van der Waals surface area contributed by atoms with Crippen LogP contribution in [0.25, 0.3) is 11.3 Å². The number of carbonyl (C=O) groups excluding carboxylic acids is 1. The van der Waals surface area contributed by atoms with Gasteiger partial charge in [-0.25, -0.2) is 4.98 Å². The number of thiazole rings is 1. The van der Waals surface area contributed by atoms with Gasteiger partial charge in [-0.15, -0.1) is 11.3 Å². The van der Waals surface area contributed by atoms with Crippen molar-refractivity contribution in [2.75, 3.05) is 33.8 Å². The number of aromatic nitrogens is 1. The zero-order valence-corrected chi connectivity index (χ0v) is 18.2. The molecule has 0 fully saturated rings. The van der Waals surface area contributed by atoms with E-state index in [0.717, 1.165) is 16.8 Å².